The van der Waals surface area contributed by atoms with E-state index in [0.717, 1.165) is 30.3 Å². The fourth-order valence-corrected chi connectivity index (χ4v) is 3.54. The summed E-state index contributed by atoms with van der Waals surface area (Å²) in [6, 6.07) is 6.01. The maximum atomic E-state index is 11.4. The van der Waals surface area contributed by atoms with Crippen LogP contribution in [0.5, 0.6) is 5.75 Å². The van der Waals surface area contributed by atoms with Crippen molar-refractivity contribution in [1.82, 2.24) is 0 Å². The van der Waals surface area contributed by atoms with Gasteiger partial charge in [-0.25, -0.2) is 0 Å². The number of benzene rings is 2. The third-order valence-corrected chi connectivity index (χ3v) is 5.48. The number of unbranched alkanes of at least 4 members (excludes halogenated alkanes) is 1. The van der Waals surface area contributed by atoms with E-state index in [1.165, 1.54) is 18.2 Å². The molecule has 0 atom stereocenters. The summed E-state index contributed by atoms with van der Waals surface area (Å²) in [6.45, 7) is 0.329. The lowest BCUT2D eigenvalue weighted by molar-refractivity contribution is 0.312. The molecule has 0 saturated carbocycles. The van der Waals surface area contributed by atoms with Crippen molar-refractivity contribution >= 4 is 46.9 Å². The van der Waals surface area contributed by atoms with Gasteiger partial charge in [-0.1, -0.05) is 15.9 Å². The Kier molecular flexibility index (Phi) is 5.87. The first kappa shape index (κ1) is 19.1. The minimum Gasteiger partial charge on any atom is -0.493 e. The lowest BCUT2D eigenvalue weighted by atomic mass is 10.1. The van der Waals surface area contributed by atoms with Crippen molar-refractivity contribution in [2.45, 2.75) is 22.6 Å². The lowest BCUT2D eigenvalue weighted by Gasteiger charge is -2.11. The van der Waals surface area contributed by atoms with Gasteiger partial charge in [0, 0.05) is 16.8 Å². The van der Waals surface area contributed by atoms with Crippen LogP contribution in [0.4, 0.5) is 0 Å². The van der Waals surface area contributed by atoms with Crippen molar-refractivity contribution in [3.8, 4) is 5.75 Å². The number of halogens is 1. The normalized spacial score (nSPS) is 12.5. The van der Waals surface area contributed by atoms with Crippen LogP contribution >= 0.6 is 15.9 Å². The molecule has 0 aromatic heterocycles. The fourth-order valence-electron chi connectivity index (χ4n) is 2.09. The van der Waals surface area contributed by atoms with Gasteiger partial charge in [0.25, 0.3) is 20.2 Å². The molecule has 0 aliphatic rings. The van der Waals surface area contributed by atoms with Crippen LogP contribution in [-0.4, -0.2) is 37.9 Å². The summed E-state index contributed by atoms with van der Waals surface area (Å²) in [5.74, 6) is 0.205. The highest BCUT2D eigenvalue weighted by atomic mass is 79.9. The number of fused-ring (bicyclic) bond motifs is 1. The van der Waals surface area contributed by atoms with E-state index in [-0.39, 0.29) is 16.0 Å². The summed E-state index contributed by atoms with van der Waals surface area (Å²) >= 11 is 3.29. The van der Waals surface area contributed by atoms with E-state index in [0.29, 0.717) is 12.0 Å². The second-order valence-electron chi connectivity index (χ2n) is 5.00. The van der Waals surface area contributed by atoms with Gasteiger partial charge in [0.15, 0.2) is 0 Å². The second kappa shape index (κ2) is 7.36. The third-order valence-electron chi connectivity index (χ3n) is 3.24. The molecule has 2 aromatic rings. The van der Waals surface area contributed by atoms with Crippen LogP contribution < -0.4 is 4.74 Å². The summed E-state index contributed by atoms with van der Waals surface area (Å²) in [7, 11) is -8.94. The second-order valence-corrected chi connectivity index (χ2v) is 8.64. The molecule has 0 unspecified atom stereocenters. The summed E-state index contributed by atoms with van der Waals surface area (Å²) in [4.78, 5) is -0.800. The van der Waals surface area contributed by atoms with Crippen molar-refractivity contribution in [1.29, 1.82) is 0 Å². The van der Waals surface area contributed by atoms with Crippen molar-refractivity contribution in [2.24, 2.45) is 0 Å². The predicted molar refractivity (Wildman–Crippen MR) is 92.1 cm³/mol. The maximum absolute atomic E-state index is 11.4. The van der Waals surface area contributed by atoms with Gasteiger partial charge in [0.1, 0.15) is 5.75 Å². The van der Waals surface area contributed by atoms with Crippen LogP contribution in [0.3, 0.4) is 0 Å². The van der Waals surface area contributed by atoms with Gasteiger partial charge in [-0.15, -0.1) is 0 Å². The Labute approximate surface area is 148 Å². The highest BCUT2D eigenvalue weighted by Crippen LogP contribution is 2.31. The van der Waals surface area contributed by atoms with E-state index in [1.807, 2.05) is 0 Å². The van der Waals surface area contributed by atoms with Crippen molar-refractivity contribution < 1.29 is 30.7 Å². The number of hydrogen-bond donors (Lipinski definition) is 2. The van der Waals surface area contributed by atoms with Crippen LogP contribution in [0.1, 0.15) is 12.8 Å². The van der Waals surface area contributed by atoms with Gasteiger partial charge < -0.3 is 4.74 Å². The SMILES string of the molecule is O=S(=O)(O)c1ccc2c(OCCCCBr)cc(S(=O)(=O)O)cc2c1. The lowest BCUT2D eigenvalue weighted by Crippen LogP contribution is -2.03. The quantitative estimate of drug-likeness (QED) is 0.387. The van der Waals surface area contributed by atoms with Crippen LogP contribution in [0, 0.1) is 0 Å². The Morgan fingerprint density at radius 3 is 2.12 bits per heavy atom. The zero-order valence-corrected chi connectivity index (χ0v) is 15.6. The molecule has 24 heavy (non-hydrogen) atoms. The molecule has 0 amide bonds. The highest BCUT2D eigenvalue weighted by molar-refractivity contribution is 9.09. The van der Waals surface area contributed by atoms with Gasteiger partial charge in [-0.05, 0) is 42.5 Å². The Morgan fingerprint density at radius 2 is 1.54 bits per heavy atom. The molecule has 2 N–H and O–H groups in total. The summed E-state index contributed by atoms with van der Waals surface area (Å²) in [5.41, 5.74) is 0. The number of hydrogen-bond acceptors (Lipinski definition) is 5. The molecule has 0 heterocycles. The number of ether oxygens (including phenoxy) is 1. The molecule has 0 fully saturated rings. The van der Waals surface area contributed by atoms with Gasteiger partial charge in [-0.3, -0.25) is 9.11 Å². The molecular weight excluding hydrogens is 424 g/mol. The molecule has 132 valence electrons. The van der Waals surface area contributed by atoms with Gasteiger partial charge in [0.05, 0.1) is 16.4 Å². The van der Waals surface area contributed by atoms with Crippen LogP contribution in [0.25, 0.3) is 10.8 Å². The first-order chi connectivity index (χ1) is 11.1. The van der Waals surface area contributed by atoms with Crippen LogP contribution in [0.2, 0.25) is 0 Å². The van der Waals surface area contributed by atoms with Gasteiger partial charge >= 0.3 is 0 Å². The van der Waals surface area contributed by atoms with E-state index < -0.39 is 25.1 Å². The minimum absolute atomic E-state index is 0.204. The largest absolute Gasteiger partial charge is 0.493 e. The van der Waals surface area contributed by atoms with Gasteiger partial charge in [0.2, 0.25) is 0 Å². The zero-order chi connectivity index (χ0) is 18.0. The Hall–Kier alpha value is -1.20. The minimum atomic E-state index is -4.50. The van der Waals surface area contributed by atoms with Crippen molar-refractivity contribution in [3.05, 3.63) is 30.3 Å². The molecule has 2 aromatic carbocycles. The summed E-state index contributed by atoms with van der Waals surface area (Å²) in [5, 5.41) is 1.48. The first-order valence-corrected chi connectivity index (χ1v) is 10.8. The molecule has 2 rings (SSSR count). The standard InChI is InChI=1S/C14H15BrO7S2/c15-5-1-2-6-22-14-9-12(24(19,20)21)8-10-7-11(23(16,17)18)3-4-13(10)14/h3-4,7-9H,1-2,5-6H2,(H,16,17,18)(H,19,20,21). The zero-order valence-electron chi connectivity index (χ0n) is 12.3. The molecule has 0 bridgehead atoms. The Balaban J connectivity index is 2.57. The molecule has 0 aliphatic heterocycles. The third kappa shape index (κ3) is 4.67. The molecule has 0 radical (unpaired) electrons. The first-order valence-electron chi connectivity index (χ1n) is 6.84. The van der Waals surface area contributed by atoms with Crippen LogP contribution in [-0.2, 0) is 20.2 Å². The van der Waals surface area contributed by atoms with Crippen molar-refractivity contribution in [3.63, 3.8) is 0 Å². The van der Waals surface area contributed by atoms with E-state index in [1.54, 1.807) is 0 Å². The highest BCUT2D eigenvalue weighted by Gasteiger charge is 2.17. The van der Waals surface area contributed by atoms with E-state index >= 15 is 0 Å². The predicted octanol–water partition coefficient (Wildman–Crippen LogP) is 2.89. The average Bonchev–Trinajstić information content (AvgIpc) is 2.48. The van der Waals surface area contributed by atoms with Gasteiger partial charge in [-0.2, -0.15) is 16.8 Å². The Bertz CT molecular complexity index is 947. The number of alkyl halides is 1. The monoisotopic (exact) mass is 438 g/mol. The maximum Gasteiger partial charge on any atom is 0.294 e. The van der Waals surface area contributed by atoms with E-state index in [9.17, 15) is 21.4 Å². The summed E-state index contributed by atoms with van der Waals surface area (Å²) < 4.78 is 69.3. The molecule has 7 nitrogen and oxygen atoms in total. The smallest absolute Gasteiger partial charge is 0.294 e. The van der Waals surface area contributed by atoms with Crippen molar-refractivity contribution in [2.75, 3.05) is 11.9 Å². The molecular formula is C14H15BrO7S2. The number of rotatable bonds is 7. The summed E-state index contributed by atoms with van der Waals surface area (Å²) in [6.07, 6.45) is 1.59. The molecule has 0 spiro atoms. The topological polar surface area (TPSA) is 118 Å². The molecule has 0 saturated heterocycles. The fraction of sp³-hybridized carbons (Fsp3) is 0.286. The molecule has 10 heteroatoms. The average molecular weight is 439 g/mol. The van der Waals surface area contributed by atoms with E-state index in [2.05, 4.69) is 15.9 Å². The van der Waals surface area contributed by atoms with Crippen LogP contribution in [0.15, 0.2) is 40.1 Å². The molecule has 0 aliphatic carbocycles. The Morgan fingerprint density at radius 1 is 0.917 bits per heavy atom. The van der Waals surface area contributed by atoms with E-state index in [4.69, 9.17) is 9.29 Å².